The number of nitrogens with one attached hydrogen (secondary N) is 2. The Kier molecular flexibility index (Phi) is 8.36. The molecule has 0 radical (unpaired) electrons. The van der Waals surface area contributed by atoms with Crippen molar-refractivity contribution < 1.29 is 0 Å². The van der Waals surface area contributed by atoms with Crippen LogP contribution in [0.1, 0.15) is 32.5 Å². The molecular formula is C17H28IN5. The zero-order valence-corrected chi connectivity index (χ0v) is 16.8. The van der Waals surface area contributed by atoms with Gasteiger partial charge in [0.1, 0.15) is 5.82 Å². The second-order valence-corrected chi connectivity index (χ2v) is 5.96. The largest absolute Gasteiger partial charge is 0.356 e. The van der Waals surface area contributed by atoms with E-state index in [0.29, 0.717) is 6.54 Å². The van der Waals surface area contributed by atoms with Crippen LogP contribution in [0, 0.1) is 5.92 Å². The maximum Gasteiger partial charge on any atom is 0.191 e. The fourth-order valence-electron chi connectivity index (χ4n) is 2.45. The van der Waals surface area contributed by atoms with Crippen molar-refractivity contribution in [2.24, 2.45) is 18.0 Å². The van der Waals surface area contributed by atoms with Gasteiger partial charge in [-0.1, -0.05) is 26.0 Å². The first-order chi connectivity index (χ1) is 10.6. The molecule has 0 atom stereocenters. The van der Waals surface area contributed by atoms with E-state index in [2.05, 4.69) is 45.1 Å². The standard InChI is InChI=1S/C17H27N5.HI/c1-13(2)8-7-11-19-17(18-3)20-12-16-21-14-9-5-6-10-15(14)22(16)4;/h5-6,9-10,13H,7-8,11-12H2,1-4H3,(H2,18,19,20);1H. The summed E-state index contributed by atoms with van der Waals surface area (Å²) in [6.45, 7) is 6.10. The summed E-state index contributed by atoms with van der Waals surface area (Å²) in [5, 5.41) is 6.68. The molecule has 2 N–H and O–H groups in total. The predicted molar refractivity (Wildman–Crippen MR) is 108 cm³/mol. The zero-order valence-electron chi connectivity index (χ0n) is 14.5. The van der Waals surface area contributed by atoms with Crippen LogP contribution in [0.2, 0.25) is 0 Å². The fraction of sp³-hybridized carbons (Fsp3) is 0.529. The van der Waals surface area contributed by atoms with Crippen LogP contribution in [0.3, 0.4) is 0 Å². The third-order valence-corrected chi connectivity index (χ3v) is 3.77. The normalized spacial score (nSPS) is 11.6. The van der Waals surface area contributed by atoms with Crippen molar-refractivity contribution in [1.29, 1.82) is 0 Å². The van der Waals surface area contributed by atoms with E-state index in [-0.39, 0.29) is 24.0 Å². The van der Waals surface area contributed by atoms with E-state index in [1.807, 2.05) is 25.2 Å². The van der Waals surface area contributed by atoms with Crippen LogP contribution >= 0.6 is 24.0 Å². The molecule has 0 aliphatic carbocycles. The summed E-state index contributed by atoms with van der Waals surface area (Å²) >= 11 is 0. The summed E-state index contributed by atoms with van der Waals surface area (Å²) in [6.07, 6.45) is 2.39. The first kappa shape index (κ1) is 19.7. The van der Waals surface area contributed by atoms with Crippen LogP contribution in [0.15, 0.2) is 29.3 Å². The number of hydrogen-bond acceptors (Lipinski definition) is 2. The number of hydrogen-bond donors (Lipinski definition) is 2. The number of rotatable bonds is 6. The van der Waals surface area contributed by atoms with Crippen LogP contribution in [0.25, 0.3) is 11.0 Å². The lowest BCUT2D eigenvalue weighted by Crippen LogP contribution is -2.37. The molecule has 128 valence electrons. The molecule has 0 aliphatic rings. The van der Waals surface area contributed by atoms with Crippen LogP contribution < -0.4 is 10.6 Å². The highest BCUT2D eigenvalue weighted by atomic mass is 127. The molecule has 0 saturated heterocycles. The maximum absolute atomic E-state index is 4.66. The first-order valence-electron chi connectivity index (χ1n) is 7.96. The predicted octanol–water partition coefficient (Wildman–Crippen LogP) is 3.29. The Bertz CT molecular complexity index is 633. The van der Waals surface area contributed by atoms with Crippen molar-refractivity contribution in [1.82, 2.24) is 20.2 Å². The molecule has 0 aliphatic heterocycles. The zero-order chi connectivity index (χ0) is 15.9. The molecule has 23 heavy (non-hydrogen) atoms. The molecule has 6 heteroatoms. The minimum Gasteiger partial charge on any atom is -0.356 e. The van der Waals surface area contributed by atoms with Gasteiger partial charge in [0.15, 0.2) is 5.96 Å². The average Bonchev–Trinajstić information content (AvgIpc) is 2.83. The van der Waals surface area contributed by atoms with E-state index in [9.17, 15) is 0 Å². The molecule has 1 heterocycles. The number of halogens is 1. The van der Waals surface area contributed by atoms with Gasteiger partial charge in [-0.25, -0.2) is 4.98 Å². The van der Waals surface area contributed by atoms with Crippen LogP contribution in [0.4, 0.5) is 0 Å². The summed E-state index contributed by atoms with van der Waals surface area (Å²) in [5.41, 5.74) is 2.18. The Labute approximate surface area is 156 Å². The highest BCUT2D eigenvalue weighted by molar-refractivity contribution is 14.0. The Morgan fingerprint density at radius 1 is 1.26 bits per heavy atom. The van der Waals surface area contributed by atoms with E-state index >= 15 is 0 Å². The van der Waals surface area contributed by atoms with Gasteiger partial charge in [0, 0.05) is 20.6 Å². The van der Waals surface area contributed by atoms with Crippen LogP contribution in [0.5, 0.6) is 0 Å². The van der Waals surface area contributed by atoms with E-state index < -0.39 is 0 Å². The molecule has 2 aromatic rings. The SMILES string of the molecule is CN=C(NCCCC(C)C)NCc1nc2ccccc2n1C.I. The number of aryl methyl sites for hydroxylation is 1. The van der Waals surface area contributed by atoms with E-state index in [1.165, 1.54) is 6.42 Å². The fourth-order valence-corrected chi connectivity index (χ4v) is 2.45. The quantitative estimate of drug-likeness (QED) is 0.321. The van der Waals surface area contributed by atoms with Crippen molar-refractivity contribution in [3.05, 3.63) is 30.1 Å². The van der Waals surface area contributed by atoms with Crippen molar-refractivity contribution >= 4 is 41.0 Å². The molecule has 0 bridgehead atoms. The Hall–Kier alpha value is -1.31. The van der Waals surface area contributed by atoms with Gasteiger partial charge in [-0.15, -0.1) is 24.0 Å². The van der Waals surface area contributed by atoms with Gasteiger partial charge in [0.25, 0.3) is 0 Å². The van der Waals surface area contributed by atoms with Gasteiger partial charge in [0.05, 0.1) is 17.6 Å². The number of fused-ring (bicyclic) bond motifs is 1. The minimum absolute atomic E-state index is 0. The number of guanidine groups is 1. The molecule has 0 amide bonds. The Balaban J connectivity index is 0.00000264. The van der Waals surface area contributed by atoms with Crippen LogP contribution in [-0.2, 0) is 13.6 Å². The molecule has 0 unspecified atom stereocenters. The van der Waals surface area contributed by atoms with Crippen molar-refractivity contribution in [2.75, 3.05) is 13.6 Å². The smallest absolute Gasteiger partial charge is 0.191 e. The molecule has 0 saturated carbocycles. The van der Waals surface area contributed by atoms with E-state index in [0.717, 1.165) is 41.7 Å². The first-order valence-corrected chi connectivity index (χ1v) is 7.96. The maximum atomic E-state index is 4.66. The molecule has 5 nitrogen and oxygen atoms in total. The molecule has 0 spiro atoms. The van der Waals surface area contributed by atoms with Gasteiger partial charge >= 0.3 is 0 Å². The average molecular weight is 429 g/mol. The third-order valence-electron chi connectivity index (χ3n) is 3.77. The Morgan fingerprint density at radius 3 is 2.65 bits per heavy atom. The summed E-state index contributed by atoms with van der Waals surface area (Å²) < 4.78 is 2.12. The lowest BCUT2D eigenvalue weighted by atomic mass is 10.1. The number of aliphatic imine (C=N–C) groups is 1. The summed E-state index contributed by atoms with van der Waals surface area (Å²) in [5.74, 6) is 2.58. The van der Waals surface area contributed by atoms with Gasteiger partial charge in [-0.3, -0.25) is 4.99 Å². The molecule has 1 aromatic carbocycles. The number of nitrogens with zero attached hydrogens (tertiary/aromatic N) is 3. The minimum atomic E-state index is 0. The van der Waals surface area contributed by atoms with Gasteiger partial charge in [0.2, 0.25) is 0 Å². The number of imidazole rings is 1. The lowest BCUT2D eigenvalue weighted by Gasteiger charge is -2.12. The number of para-hydroxylation sites is 2. The van der Waals surface area contributed by atoms with Crippen molar-refractivity contribution in [2.45, 2.75) is 33.2 Å². The monoisotopic (exact) mass is 429 g/mol. The van der Waals surface area contributed by atoms with E-state index in [4.69, 9.17) is 0 Å². The second-order valence-electron chi connectivity index (χ2n) is 5.96. The van der Waals surface area contributed by atoms with Crippen molar-refractivity contribution in [3.63, 3.8) is 0 Å². The number of aromatic nitrogens is 2. The molecule has 2 rings (SSSR count). The Morgan fingerprint density at radius 2 is 2.00 bits per heavy atom. The van der Waals surface area contributed by atoms with Crippen LogP contribution in [-0.4, -0.2) is 29.1 Å². The third kappa shape index (κ3) is 5.67. The lowest BCUT2D eigenvalue weighted by molar-refractivity contribution is 0.549. The van der Waals surface area contributed by atoms with Gasteiger partial charge in [-0.05, 0) is 30.9 Å². The molecule has 1 aromatic heterocycles. The second kappa shape index (κ2) is 9.75. The summed E-state index contributed by atoms with van der Waals surface area (Å²) in [4.78, 5) is 8.92. The molecule has 0 fully saturated rings. The van der Waals surface area contributed by atoms with Gasteiger partial charge < -0.3 is 15.2 Å². The van der Waals surface area contributed by atoms with E-state index in [1.54, 1.807) is 7.05 Å². The highest BCUT2D eigenvalue weighted by Crippen LogP contribution is 2.13. The highest BCUT2D eigenvalue weighted by Gasteiger charge is 2.07. The summed E-state index contributed by atoms with van der Waals surface area (Å²) in [6, 6.07) is 8.18. The summed E-state index contributed by atoms with van der Waals surface area (Å²) in [7, 11) is 3.85. The molecular weight excluding hydrogens is 401 g/mol. The van der Waals surface area contributed by atoms with Crippen molar-refractivity contribution in [3.8, 4) is 0 Å². The van der Waals surface area contributed by atoms with Gasteiger partial charge in [-0.2, -0.15) is 0 Å². The number of benzene rings is 1. The topological polar surface area (TPSA) is 54.2 Å².